The van der Waals surface area contributed by atoms with Crippen molar-refractivity contribution in [3.05, 3.63) is 17.0 Å². The molecule has 106 valence electrons. The quantitative estimate of drug-likeness (QED) is 0.848. The largest absolute Gasteiger partial charge is 0.356 e. The van der Waals surface area contributed by atoms with Gasteiger partial charge < -0.3 is 5.32 Å². The third-order valence-corrected chi connectivity index (χ3v) is 6.51. The molecule has 1 aliphatic rings. The van der Waals surface area contributed by atoms with Crippen molar-refractivity contribution in [2.45, 2.75) is 36.3 Å². The van der Waals surface area contributed by atoms with E-state index in [0.717, 1.165) is 41.9 Å². The normalized spacial score (nSPS) is 16.7. The van der Waals surface area contributed by atoms with E-state index < -0.39 is 9.05 Å². The first kappa shape index (κ1) is 14.8. The van der Waals surface area contributed by atoms with Crippen LogP contribution in [0.3, 0.4) is 0 Å². The molecule has 1 aromatic heterocycles. The lowest BCUT2D eigenvalue weighted by atomic mass is 10.1. The second-order valence-electron chi connectivity index (χ2n) is 4.68. The van der Waals surface area contributed by atoms with Crippen LogP contribution in [0, 0.1) is 5.92 Å². The molecule has 1 aromatic rings. The van der Waals surface area contributed by atoms with Crippen molar-refractivity contribution in [1.82, 2.24) is 5.32 Å². The Morgan fingerprint density at radius 2 is 2.05 bits per heavy atom. The van der Waals surface area contributed by atoms with Crippen LogP contribution in [0.1, 0.15) is 30.6 Å². The minimum Gasteiger partial charge on any atom is -0.356 e. The van der Waals surface area contributed by atoms with Crippen molar-refractivity contribution in [3.8, 4) is 0 Å². The van der Waals surface area contributed by atoms with Crippen LogP contribution in [0.15, 0.2) is 16.3 Å². The fourth-order valence-corrected chi connectivity index (χ4v) is 4.39. The van der Waals surface area contributed by atoms with Crippen molar-refractivity contribution in [3.63, 3.8) is 0 Å². The van der Waals surface area contributed by atoms with Crippen molar-refractivity contribution in [1.29, 1.82) is 0 Å². The molecule has 1 amide bonds. The molecule has 0 atom stereocenters. The number of hydrogen-bond acceptors (Lipinski definition) is 4. The molecule has 1 saturated carbocycles. The van der Waals surface area contributed by atoms with Gasteiger partial charge >= 0.3 is 0 Å². The van der Waals surface area contributed by atoms with Crippen molar-refractivity contribution in [2.75, 3.05) is 6.54 Å². The monoisotopic (exact) mass is 321 g/mol. The molecular formula is C12H16ClNO3S2. The third-order valence-electron chi connectivity index (χ3n) is 3.27. The van der Waals surface area contributed by atoms with Gasteiger partial charge in [0.15, 0.2) is 0 Å². The topological polar surface area (TPSA) is 63.2 Å². The summed E-state index contributed by atoms with van der Waals surface area (Å²) < 4.78 is 22.4. The summed E-state index contributed by atoms with van der Waals surface area (Å²) in [7, 11) is 1.62. The van der Waals surface area contributed by atoms with E-state index in [4.69, 9.17) is 10.7 Å². The molecular weight excluding hydrogens is 306 g/mol. The number of hydrogen-bond donors (Lipinski definition) is 1. The Morgan fingerprint density at radius 1 is 1.37 bits per heavy atom. The SMILES string of the molecule is O=C(NCCc1ccc(S(=O)(=O)Cl)s1)C1CCCC1. The highest BCUT2D eigenvalue weighted by Crippen LogP contribution is 2.26. The van der Waals surface area contributed by atoms with Crippen LogP contribution in [-0.4, -0.2) is 20.9 Å². The van der Waals surface area contributed by atoms with Crippen LogP contribution in [0.4, 0.5) is 0 Å². The zero-order chi connectivity index (χ0) is 13.9. The fraction of sp³-hybridized carbons (Fsp3) is 0.583. The number of amides is 1. The van der Waals surface area contributed by atoms with Crippen LogP contribution in [0.5, 0.6) is 0 Å². The number of rotatable bonds is 5. The predicted molar refractivity (Wildman–Crippen MR) is 76.0 cm³/mol. The molecule has 1 heterocycles. The first-order valence-corrected chi connectivity index (χ1v) is 9.40. The Morgan fingerprint density at radius 3 is 2.63 bits per heavy atom. The summed E-state index contributed by atoms with van der Waals surface area (Å²) in [6.45, 7) is 0.539. The van der Waals surface area contributed by atoms with E-state index >= 15 is 0 Å². The Balaban J connectivity index is 1.79. The third kappa shape index (κ3) is 4.19. The molecule has 4 nitrogen and oxygen atoms in total. The van der Waals surface area contributed by atoms with Crippen molar-refractivity contribution < 1.29 is 13.2 Å². The van der Waals surface area contributed by atoms with E-state index in [1.807, 2.05) is 0 Å². The highest BCUT2D eigenvalue weighted by molar-refractivity contribution is 8.15. The van der Waals surface area contributed by atoms with E-state index in [9.17, 15) is 13.2 Å². The highest BCUT2D eigenvalue weighted by Gasteiger charge is 2.22. The fourth-order valence-electron chi connectivity index (χ4n) is 2.26. The maximum Gasteiger partial charge on any atom is 0.270 e. The lowest BCUT2D eigenvalue weighted by Gasteiger charge is -2.09. The number of carbonyl (C=O) groups is 1. The Kier molecular flexibility index (Phi) is 4.86. The minimum atomic E-state index is -3.63. The summed E-state index contributed by atoms with van der Waals surface area (Å²) >= 11 is 1.15. The maximum absolute atomic E-state index is 11.8. The van der Waals surface area contributed by atoms with Gasteiger partial charge in [0.1, 0.15) is 4.21 Å². The summed E-state index contributed by atoms with van der Waals surface area (Å²) in [6, 6.07) is 3.24. The minimum absolute atomic E-state index is 0.124. The Bertz CT molecular complexity index is 547. The number of nitrogens with one attached hydrogen (secondary N) is 1. The van der Waals surface area contributed by atoms with Gasteiger partial charge in [-0.15, -0.1) is 11.3 Å². The molecule has 1 N–H and O–H groups in total. The first-order valence-electron chi connectivity index (χ1n) is 6.28. The lowest BCUT2D eigenvalue weighted by Crippen LogP contribution is -2.30. The van der Waals surface area contributed by atoms with Gasteiger partial charge in [0.2, 0.25) is 5.91 Å². The van der Waals surface area contributed by atoms with Crippen molar-refractivity contribution in [2.24, 2.45) is 5.92 Å². The van der Waals surface area contributed by atoms with Crippen molar-refractivity contribution >= 4 is 37.0 Å². The van der Waals surface area contributed by atoms with E-state index in [0.29, 0.717) is 13.0 Å². The Hall–Kier alpha value is -0.590. The summed E-state index contributed by atoms with van der Waals surface area (Å²) in [5.74, 6) is 0.293. The summed E-state index contributed by atoms with van der Waals surface area (Å²) in [5.41, 5.74) is 0. The standard InChI is InChI=1S/C12H16ClNO3S2/c13-19(16,17)11-6-5-10(18-11)7-8-14-12(15)9-3-1-2-4-9/h5-6,9H,1-4,7-8H2,(H,14,15). The average Bonchev–Trinajstić information content (AvgIpc) is 2.99. The van der Waals surface area contributed by atoms with Gasteiger partial charge in [-0.2, -0.15) is 0 Å². The summed E-state index contributed by atoms with van der Waals surface area (Å²) in [5, 5.41) is 2.91. The van der Waals surface area contributed by atoms with E-state index in [2.05, 4.69) is 5.32 Å². The zero-order valence-corrected chi connectivity index (χ0v) is 12.8. The molecule has 19 heavy (non-hydrogen) atoms. The maximum atomic E-state index is 11.8. The molecule has 7 heteroatoms. The molecule has 0 spiro atoms. The number of carbonyl (C=O) groups excluding carboxylic acids is 1. The van der Waals surface area contributed by atoms with Gasteiger partial charge in [-0.25, -0.2) is 8.42 Å². The van der Waals surface area contributed by atoms with Crippen LogP contribution in [-0.2, 0) is 20.3 Å². The first-order chi connectivity index (χ1) is 8.97. The molecule has 0 aliphatic heterocycles. The van der Waals surface area contributed by atoms with Gasteiger partial charge in [0.25, 0.3) is 9.05 Å². The molecule has 0 saturated heterocycles. The van der Waals surface area contributed by atoms with Gasteiger partial charge in [0, 0.05) is 28.0 Å². The number of halogens is 1. The van der Waals surface area contributed by atoms with Crippen LogP contribution < -0.4 is 5.32 Å². The number of thiophene rings is 1. The molecule has 0 radical (unpaired) electrons. The molecule has 2 rings (SSSR count). The molecule has 0 bridgehead atoms. The van der Waals surface area contributed by atoms with Crippen LogP contribution in [0.25, 0.3) is 0 Å². The second-order valence-corrected chi connectivity index (χ2v) is 8.64. The van der Waals surface area contributed by atoms with Crippen LogP contribution >= 0.6 is 22.0 Å². The smallest absolute Gasteiger partial charge is 0.270 e. The van der Waals surface area contributed by atoms with Gasteiger partial charge in [-0.3, -0.25) is 4.79 Å². The average molecular weight is 322 g/mol. The summed E-state index contributed by atoms with van der Waals surface area (Å²) in [6.07, 6.45) is 4.88. The molecule has 0 unspecified atom stereocenters. The van der Waals surface area contributed by atoms with E-state index in [-0.39, 0.29) is 16.0 Å². The Labute approximate surface area is 121 Å². The van der Waals surface area contributed by atoms with Gasteiger partial charge in [-0.1, -0.05) is 12.8 Å². The van der Waals surface area contributed by atoms with E-state index in [1.54, 1.807) is 6.07 Å². The van der Waals surface area contributed by atoms with Gasteiger partial charge in [-0.05, 0) is 31.4 Å². The zero-order valence-electron chi connectivity index (χ0n) is 10.4. The summed E-state index contributed by atoms with van der Waals surface area (Å²) in [4.78, 5) is 12.7. The van der Waals surface area contributed by atoms with E-state index in [1.165, 1.54) is 6.07 Å². The van der Waals surface area contributed by atoms with Crippen LogP contribution in [0.2, 0.25) is 0 Å². The lowest BCUT2D eigenvalue weighted by molar-refractivity contribution is -0.124. The van der Waals surface area contributed by atoms with Gasteiger partial charge in [0.05, 0.1) is 0 Å². The molecule has 0 aromatic carbocycles. The highest BCUT2D eigenvalue weighted by atomic mass is 35.7. The molecule has 1 fully saturated rings. The molecule has 1 aliphatic carbocycles. The second kappa shape index (κ2) is 6.24. The predicted octanol–water partition coefficient (Wildman–Crippen LogP) is 2.52.